The van der Waals surface area contributed by atoms with Crippen LogP contribution in [0.2, 0.25) is 0 Å². The number of carboxylic acids is 1. The molecule has 0 aromatic carbocycles. The smallest absolute Gasteiger partial charge is 0.307 e. The molecule has 2 aliphatic rings. The summed E-state index contributed by atoms with van der Waals surface area (Å²) in [6, 6.07) is -0.0741. The van der Waals surface area contributed by atoms with Crippen molar-refractivity contribution in [1.82, 2.24) is 5.32 Å². The highest BCUT2D eigenvalue weighted by Crippen LogP contribution is 2.48. The lowest BCUT2D eigenvalue weighted by atomic mass is 9.82. The van der Waals surface area contributed by atoms with Crippen molar-refractivity contribution in [1.29, 1.82) is 0 Å². The molecule has 21 heavy (non-hydrogen) atoms. The fourth-order valence-corrected chi connectivity index (χ4v) is 3.44. The molecule has 2 N–H and O–H groups in total. The molecule has 0 aromatic heterocycles. The third-order valence-corrected chi connectivity index (χ3v) is 4.68. The summed E-state index contributed by atoms with van der Waals surface area (Å²) >= 11 is 0. The van der Waals surface area contributed by atoms with Crippen LogP contribution in [0.1, 0.15) is 27.2 Å². The van der Waals surface area contributed by atoms with Crippen molar-refractivity contribution in [2.45, 2.75) is 33.2 Å². The first-order valence-corrected chi connectivity index (χ1v) is 7.75. The van der Waals surface area contributed by atoms with Gasteiger partial charge in [0.25, 0.3) is 0 Å². The van der Waals surface area contributed by atoms with Crippen LogP contribution in [0, 0.1) is 29.6 Å². The first-order valence-electron chi connectivity index (χ1n) is 7.75. The van der Waals surface area contributed by atoms with Crippen molar-refractivity contribution in [2.24, 2.45) is 29.6 Å². The van der Waals surface area contributed by atoms with E-state index < -0.39 is 17.8 Å². The zero-order valence-corrected chi connectivity index (χ0v) is 12.9. The van der Waals surface area contributed by atoms with Gasteiger partial charge in [-0.2, -0.15) is 0 Å². The Morgan fingerprint density at radius 3 is 2.43 bits per heavy atom. The van der Waals surface area contributed by atoms with Gasteiger partial charge < -0.3 is 15.2 Å². The number of aliphatic carboxylic acids is 1. The van der Waals surface area contributed by atoms with Gasteiger partial charge in [0, 0.05) is 6.61 Å². The van der Waals surface area contributed by atoms with Crippen molar-refractivity contribution in [3.05, 3.63) is 12.2 Å². The number of carbonyl (C=O) groups excluding carboxylic acids is 1. The molecule has 2 bridgehead atoms. The summed E-state index contributed by atoms with van der Waals surface area (Å²) in [4.78, 5) is 24.0. The molecule has 5 atom stereocenters. The predicted molar refractivity (Wildman–Crippen MR) is 78.6 cm³/mol. The Hall–Kier alpha value is -1.36. The zero-order chi connectivity index (χ0) is 15.6. The van der Waals surface area contributed by atoms with Crippen molar-refractivity contribution in [3.63, 3.8) is 0 Å². The molecule has 1 saturated carbocycles. The van der Waals surface area contributed by atoms with Crippen LogP contribution < -0.4 is 5.32 Å². The molecule has 2 aliphatic carbocycles. The number of amides is 1. The van der Waals surface area contributed by atoms with Gasteiger partial charge in [-0.3, -0.25) is 9.59 Å². The molecule has 0 aliphatic heterocycles. The third kappa shape index (κ3) is 3.28. The molecule has 0 radical (unpaired) electrons. The topological polar surface area (TPSA) is 75.6 Å². The molecule has 5 nitrogen and oxygen atoms in total. The molecule has 5 heteroatoms. The van der Waals surface area contributed by atoms with Gasteiger partial charge >= 0.3 is 5.97 Å². The number of fused-ring (bicyclic) bond motifs is 2. The van der Waals surface area contributed by atoms with Gasteiger partial charge in [0.2, 0.25) is 5.91 Å². The number of hydrogen-bond donors (Lipinski definition) is 2. The van der Waals surface area contributed by atoms with E-state index in [1.54, 1.807) is 0 Å². The highest BCUT2D eigenvalue weighted by Gasteiger charge is 2.51. The first kappa shape index (κ1) is 16.0. The van der Waals surface area contributed by atoms with Gasteiger partial charge in [0.1, 0.15) is 0 Å². The Balaban J connectivity index is 2.04. The van der Waals surface area contributed by atoms with Crippen LogP contribution >= 0.6 is 0 Å². The van der Waals surface area contributed by atoms with E-state index >= 15 is 0 Å². The predicted octanol–water partition coefficient (Wildman–Crippen LogP) is 1.69. The Kier molecular flexibility index (Phi) is 5.04. The summed E-state index contributed by atoms with van der Waals surface area (Å²) in [7, 11) is 0. The zero-order valence-electron chi connectivity index (χ0n) is 12.9. The summed E-state index contributed by atoms with van der Waals surface area (Å²) in [5, 5.41) is 12.4. The molecule has 0 aromatic rings. The molecular weight excluding hydrogens is 270 g/mol. The number of rotatable bonds is 7. The fraction of sp³-hybridized carbons (Fsp3) is 0.750. The maximum absolute atomic E-state index is 12.6. The molecule has 0 heterocycles. The molecule has 2 rings (SSSR count). The molecule has 0 saturated heterocycles. The first-order chi connectivity index (χ1) is 9.95. The molecule has 0 spiro atoms. The van der Waals surface area contributed by atoms with E-state index in [4.69, 9.17) is 4.74 Å². The normalized spacial score (nSPS) is 31.6. The maximum atomic E-state index is 12.6. The molecule has 118 valence electrons. The average molecular weight is 295 g/mol. The van der Waals surface area contributed by atoms with E-state index in [1.165, 1.54) is 0 Å². The molecule has 1 fully saturated rings. The van der Waals surface area contributed by atoms with E-state index in [0.717, 1.165) is 6.42 Å². The number of allylic oxidation sites excluding steroid dienone is 2. The summed E-state index contributed by atoms with van der Waals surface area (Å²) in [5.41, 5.74) is 0. The SMILES string of the molecule is CCOCC(NC(=O)[C@H]1C2C=CC(C2)[C@H]1C(=O)O)C(C)C. The maximum Gasteiger partial charge on any atom is 0.307 e. The van der Waals surface area contributed by atoms with Crippen LogP contribution in [0.15, 0.2) is 12.2 Å². The van der Waals surface area contributed by atoms with Gasteiger partial charge in [-0.25, -0.2) is 0 Å². The van der Waals surface area contributed by atoms with Crippen molar-refractivity contribution >= 4 is 11.9 Å². The van der Waals surface area contributed by atoms with Crippen LogP contribution in [0.25, 0.3) is 0 Å². The second-order valence-electron chi connectivity index (χ2n) is 6.36. The van der Waals surface area contributed by atoms with Gasteiger partial charge in [0.05, 0.1) is 24.5 Å². The van der Waals surface area contributed by atoms with Crippen LogP contribution in [0.3, 0.4) is 0 Å². The van der Waals surface area contributed by atoms with E-state index in [9.17, 15) is 14.7 Å². The van der Waals surface area contributed by atoms with E-state index in [-0.39, 0.29) is 29.7 Å². The Morgan fingerprint density at radius 2 is 1.90 bits per heavy atom. The second-order valence-corrected chi connectivity index (χ2v) is 6.36. The quantitative estimate of drug-likeness (QED) is 0.701. The third-order valence-electron chi connectivity index (χ3n) is 4.68. The minimum absolute atomic E-state index is 0.00708. The Morgan fingerprint density at radius 1 is 1.29 bits per heavy atom. The van der Waals surface area contributed by atoms with Crippen molar-refractivity contribution < 1.29 is 19.4 Å². The number of hydrogen-bond acceptors (Lipinski definition) is 3. The van der Waals surface area contributed by atoms with Gasteiger partial charge in [0.15, 0.2) is 0 Å². The minimum Gasteiger partial charge on any atom is -0.481 e. The van der Waals surface area contributed by atoms with E-state index in [1.807, 2.05) is 32.9 Å². The van der Waals surface area contributed by atoms with Crippen LogP contribution in [-0.2, 0) is 14.3 Å². The van der Waals surface area contributed by atoms with Crippen LogP contribution in [-0.4, -0.2) is 36.2 Å². The Bertz CT molecular complexity index is 432. The monoisotopic (exact) mass is 295 g/mol. The van der Waals surface area contributed by atoms with Gasteiger partial charge in [-0.15, -0.1) is 0 Å². The molecule has 1 amide bonds. The number of nitrogens with one attached hydrogen (secondary N) is 1. The average Bonchev–Trinajstić information content (AvgIpc) is 3.02. The lowest BCUT2D eigenvalue weighted by Gasteiger charge is -2.28. The highest BCUT2D eigenvalue weighted by atomic mass is 16.5. The van der Waals surface area contributed by atoms with Crippen molar-refractivity contribution in [2.75, 3.05) is 13.2 Å². The minimum atomic E-state index is -0.863. The number of carbonyl (C=O) groups is 2. The summed E-state index contributed by atoms with van der Waals surface area (Å²) in [5.74, 6) is -1.71. The lowest BCUT2D eigenvalue weighted by molar-refractivity contribution is -0.148. The summed E-state index contributed by atoms with van der Waals surface area (Å²) in [6.07, 6.45) is 4.74. The summed E-state index contributed by atoms with van der Waals surface area (Å²) < 4.78 is 5.41. The largest absolute Gasteiger partial charge is 0.481 e. The fourth-order valence-electron chi connectivity index (χ4n) is 3.44. The van der Waals surface area contributed by atoms with E-state index in [0.29, 0.717) is 13.2 Å². The summed E-state index contributed by atoms with van der Waals surface area (Å²) in [6.45, 7) is 7.04. The lowest BCUT2D eigenvalue weighted by Crippen LogP contribution is -2.48. The second kappa shape index (κ2) is 6.60. The van der Waals surface area contributed by atoms with Crippen LogP contribution in [0.5, 0.6) is 0 Å². The number of ether oxygens (including phenoxy) is 1. The van der Waals surface area contributed by atoms with Crippen molar-refractivity contribution in [3.8, 4) is 0 Å². The van der Waals surface area contributed by atoms with E-state index in [2.05, 4.69) is 5.32 Å². The van der Waals surface area contributed by atoms with Crippen LogP contribution in [0.4, 0.5) is 0 Å². The molecular formula is C16H25NO4. The Labute approximate surface area is 125 Å². The standard InChI is InChI=1S/C16H25NO4/c1-4-21-8-12(9(2)3)17-15(18)13-10-5-6-11(7-10)14(13)16(19)20/h5-6,9-14H,4,7-8H2,1-3H3,(H,17,18)(H,19,20)/t10?,11?,12?,13-,14+/m0/s1. The molecule has 3 unspecified atom stereocenters. The van der Waals surface area contributed by atoms with Gasteiger partial charge in [-0.1, -0.05) is 26.0 Å². The highest BCUT2D eigenvalue weighted by molar-refractivity contribution is 5.87. The number of carboxylic acid groups (broad SMARTS) is 1. The van der Waals surface area contributed by atoms with Gasteiger partial charge in [-0.05, 0) is 31.1 Å².